The summed E-state index contributed by atoms with van der Waals surface area (Å²) in [5, 5.41) is 55.5. The lowest BCUT2D eigenvalue weighted by Crippen LogP contribution is -2.70. The van der Waals surface area contributed by atoms with Crippen LogP contribution in [-0.4, -0.2) is 118 Å². The van der Waals surface area contributed by atoms with Crippen molar-refractivity contribution in [3.63, 3.8) is 0 Å². The van der Waals surface area contributed by atoms with Crippen LogP contribution >= 0.6 is 0 Å². The third-order valence-electron chi connectivity index (χ3n) is 18.2. The van der Waals surface area contributed by atoms with Gasteiger partial charge in [0.15, 0.2) is 17.5 Å². The molecule has 4 aliphatic heterocycles. The van der Waals surface area contributed by atoms with Crippen LogP contribution in [-0.2, 0) is 44.9 Å². The van der Waals surface area contributed by atoms with Gasteiger partial charge >= 0.3 is 0 Å². The number of nitrogens with one attached hydrogen (secondary N) is 2. The molecule has 8 aliphatic rings. The highest BCUT2D eigenvalue weighted by Crippen LogP contribution is 2.60. The Labute approximate surface area is 441 Å². The quantitative estimate of drug-likeness (QED) is 0.0585. The number of hydrogen-bond donors (Lipinski definition) is 6. The highest BCUT2D eigenvalue weighted by Gasteiger charge is 2.59. The number of carbonyl (C=O) groups is 2. The monoisotopic (exact) mass is 1030 g/mol. The highest BCUT2D eigenvalue weighted by molar-refractivity contribution is 6.17. The van der Waals surface area contributed by atoms with E-state index in [-0.39, 0.29) is 71.8 Å². The van der Waals surface area contributed by atoms with E-state index in [0.29, 0.717) is 41.6 Å². The van der Waals surface area contributed by atoms with Gasteiger partial charge in [0.1, 0.15) is 41.7 Å². The summed E-state index contributed by atoms with van der Waals surface area (Å²) in [5.74, 6) is 2.58. The molecule has 1 amide bonds. The number of aliphatic hydroxyl groups is 3. The molecule has 0 spiro atoms. The summed E-state index contributed by atoms with van der Waals surface area (Å²) in [7, 11) is 3.34. The number of benzene rings is 4. The molecule has 15 nitrogen and oxygen atoms in total. The normalized spacial score (nSPS) is 28.4. The van der Waals surface area contributed by atoms with Gasteiger partial charge in [-0.3, -0.25) is 9.59 Å². The minimum atomic E-state index is -2.46. The second-order valence-electron chi connectivity index (χ2n) is 22.4. The second kappa shape index (κ2) is 19.4. The molecule has 1 saturated heterocycles. The number of allylic oxidation sites excluding steroid dienone is 2. The molecule has 4 aliphatic carbocycles. The SMILES string of the molecule is COCCCC1(NCc2ccc3[nH]cc([C@H]4/C=C/c5c(OC)c6c7c8c(c9c(O)c7c5O[C@H]5O[C@H](CO4)[C@@H](O)[C@H](OC#CCc4cccc7c4CN(CC9=O)C7=O)[C@]5(O)CO)[C@@H]4CCC[C@H]4C=C8CC6)c3c2)CCCC1. The molecular weight excluding hydrogens is 967 g/mol. The van der Waals surface area contributed by atoms with Crippen molar-refractivity contribution in [2.24, 2.45) is 5.92 Å². The van der Waals surface area contributed by atoms with Crippen molar-refractivity contribution in [1.82, 2.24) is 15.2 Å². The van der Waals surface area contributed by atoms with E-state index in [1.807, 2.05) is 24.4 Å². The first-order chi connectivity index (χ1) is 37.0. The standard InChI is InChI=1S/C61H65N3O12/c1-71-23-8-22-60(20-3-4-21-60)63-27-33-14-18-44-41(25-33)42(28-62-44)46-19-17-40-55(72-2)39-16-15-36-26-35-10-6-12-37(35)49-48(36)50(39)52-54(68)51(49)45(66)30-64-29-43-34(9-5-13-38(43)58(64)69)11-7-24-73-57-53(67)47(31-74-46)75-59(76-56(40)52)61(57,70)32-65/h5,9,13-14,17-19,25-26,28,35,37,46-47,53,57,59,62-63,65,67-68,70H,3-4,6,8,10-12,15-16,20-23,27,29-32H2,1-2H3/b19-17+/t35-,37+,46+,47+,53+,57-,59+,61+/m0/s1. The lowest BCUT2D eigenvalue weighted by molar-refractivity contribution is -0.328. The van der Waals surface area contributed by atoms with Crippen LogP contribution in [0.2, 0.25) is 0 Å². The van der Waals surface area contributed by atoms with E-state index < -0.39 is 48.7 Å². The van der Waals surface area contributed by atoms with Crippen LogP contribution in [0.5, 0.6) is 17.2 Å². The maximum atomic E-state index is 15.4. The Hall–Kier alpha value is -6.22. The molecule has 3 fully saturated rings. The van der Waals surface area contributed by atoms with E-state index in [4.69, 9.17) is 28.4 Å². The Bertz CT molecular complexity index is 3320. The molecule has 76 heavy (non-hydrogen) atoms. The molecule has 15 heteroatoms. The third-order valence-corrected chi connectivity index (χ3v) is 18.2. The minimum absolute atomic E-state index is 0.0162. The molecule has 8 atom stereocenters. The maximum absolute atomic E-state index is 15.4. The topological polar surface area (TPSA) is 202 Å². The van der Waals surface area contributed by atoms with Crippen molar-refractivity contribution in [2.75, 3.05) is 40.6 Å². The van der Waals surface area contributed by atoms with E-state index in [1.165, 1.54) is 17.7 Å². The number of fused-ring (bicyclic) bond motifs is 8. The van der Waals surface area contributed by atoms with Gasteiger partial charge in [0.2, 0.25) is 6.29 Å². The summed E-state index contributed by atoms with van der Waals surface area (Å²) < 4.78 is 38.6. The first kappa shape index (κ1) is 49.4. The number of rotatable bonds is 10. The van der Waals surface area contributed by atoms with Crippen LogP contribution in [0.1, 0.15) is 141 Å². The van der Waals surface area contributed by atoms with E-state index in [9.17, 15) is 25.2 Å². The summed E-state index contributed by atoms with van der Waals surface area (Å²) in [6, 6.07) is 11.8. The van der Waals surface area contributed by atoms with Crippen molar-refractivity contribution in [1.29, 1.82) is 0 Å². The predicted molar refractivity (Wildman–Crippen MR) is 283 cm³/mol. The fraction of sp³-hybridized carbons (Fsp3) is 0.475. The number of ether oxygens (including phenoxy) is 6. The number of aryl methyl sites for hydroxylation is 1. The number of methoxy groups -OCH3 is 2. The second-order valence-corrected chi connectivity index (χ2v) is 22.4. The molecule has 396 valence electrons. The number of aromatic nitrogens is 1. The van der Waals surface area contributed by atoms with E-state index in [2.05, 4.69) is 46.6 Å². The fourth-order valence-electron chi connectivity index (χ4n) is 14.4. The largest absolute Gasteiger partial charge is 0.506 e. The molecule has 13 rings (SSSR count). The van der Waals surface area contributed by atoms with E-state index >= 15 is 4.79 Å². The van der Waals surface area contributed by atoms with Crippen LogP contribution in [0.3, 0.4) is 0 Å². The Morgan fingerprint density at radius 1 is 1.01 bits per heavy atom. The van der Waals surface area contributed by atoms with Crippen LogP contribution in [0.15, 0.2) is 54.7 Å². The van der Waals surface area contributed by atoms with Gasteiger partial charge in [0, 0.05) is 77.9 Å². The number of H-pyrrole nitrogens is 1. The van der Waals surface area contributed by atoms with Crippen LogP contribution in [0.25, 0.3) is 33.3 Å². The molecule has 4 aromatic carbocycles. The number of phenols is 1. The summed E-state index contributed by atoms with van der Waals surface area (Å²) in [5.41, 5.74) is 6.37. The minimum Gasteiger partial charge on any atom is -0.506 e. The molecule has 5 heterocycles. The van der Waals surface area contributed by atoms with Crippen molar-refractivity contribution >= 4 is 45.0 Å². The van der Waals surface area contributed by atoms with Gasteiger partial charge in [0.25, 0.3) is 5.91 Å². The van der Waals surface area contributed by atoms with Crippen molar-refractivity contribution < 1.29 is 58.4 Å². The van der Waals surface area contributed by atoms with Gasteiger partial charge in [0.05, 0.1) is 43.4 Å². The van der Waals surface area contributed by atoms with E-state index in [0.717, 1.165) is 107 Å². The van der Waals surface area contributed by atoms with Gasteiger partial charge < -0.3 is 64.0 Å². The molecule has 6 N–H and O–H groups in total. The molecule has 0 radical (unpaired) electrons. The Morgan fingerprint density at radius 3 is 2.71 bits per heavy atom. The van der Waals surface area contributed by atoms with Gasteiger partial charge in [-0.1, -0.05) is 55.5 Å². The molecule has 1 aromatic heterocycles. The van der Waals surface area contributed by atoms with E-state index in [1.54, 1.807) is 26.4 Å². The predicted octanol–water partition coefficient (Wildman–Crippen LogP) is 7.80. The lowest BCUT2D eigenvalue weighted by atomic mass is 9.69. The summed E-state index contributed by atoms with van der Waals surface area (Å²) in [6.45, 7) is 0.0507. The number of hydrogen-bond acceptors (Lipinski definition) is 13. The number of amides is 1. The Morgan fingerprint density at radius 2 is 1.88 bits per heavy atom. The van der Waals surface area contributed by atoms with Gasteiger partial charge in [-0.05, 0) is 121 Å². The first-order valence-corrected chi connectivity index (χ1v) is 27.2. The lowest BCUT2D eigenvalue weighted by Gasteiger charge is -2.47. The fourth-order valence-corrected chi connectivity index (χ4v) is 14.4. The first-order valence-electron chi connectivity index (χ1n) is 27.2. The molecule has 5 aromatic rings. The number of nitrogens with zero attached hydrogens (tertiary/aromatic N) is 1. The highest BCUT2D eigenvalue weighted by atomic mass is 16.7. The molecule has 2 saturated carbocycles. The zero-order valence-corrected chi connectivity index (χ0v) is 43.0. The number of phenolic OH excluding ortho intramolecular Hbond substituents is 1. The summed E-state index contributed by atoms with van der Waals surface area (Å²) in [4.78, 5) is 34.7. The zero-order chi connectivity index (χ0) is 52.0. The zero-order valence-electron chi connectivity index (χ0n) is 43.0. The van der Waals surface area contributed by atoms with Gasteiger partial charge in [-0.15, -0.1) is 0 Å². The number of ketones is 1. The van der Waals surface area contributed by atoms with Crippen molar-refractivity contribution in [3.05, 3.63) is 110 Å². The summed E-state index contributed by atoms with van der Waals surface area (Å²) >= 11 is 0. The third kappa shape index (κ3) is 7.89. The number of aromatic amines is 1. The van der Waals surface area contributed by atoms with Crippen LogP contribution in [0.4, 0.5) is 0 Å². The smallest absolute Gasteiger partial charge is 0.254 e. The van der Waals surface area contributed by atoms with Crippen molar-refractivity contribution in [3.8, 4) is 29.3 Å². The molecule has 8 bridgehead atoms. The number of aromatic hydroxyl groups is 1. The Balaban J connectivity index is 1.01. The maximum Gasteiger partial charge on any atom is 0.254 e. The Kier molecular flexibility index (Phi) is 12.6. The van der Waals surface area contributed by atoms with Crippen LogP contribution in [0, 0.1) is 17.9 Å². The average molecular weight is 1030 g/mol. The number of aliphatic hydroxyl groups excluding tert-OH is 2. The average Bonchev–Trinajstić information content (AvgIpc) is 4.34. The summed E-state index contributed by atoms with van der Waals surface area (Å²) in [6.07, 6.45) is 14.4. The number of carbonyl (C=O) groups excluding carboxylic acids is 2. The van der Waals surface area contributed by atoms with Gasteiger partial charge in [-0.25, -0.2) is 0 Å². The molecular formula is C61H65N3O12. The van der Waals surface area contributed by atoms with Crippen LogP contribution < -0.4 is 14.8 Å². The van der Waals surface area contributed by atoms with Gasteiger partial charge in [-0.2, -0.15) is 0 Å². The number of Topliss-reactive ketones (excluding diaryl/α,β-unsaturated/α-hetero) is 1. The molecule has 0 unspecified atom stereocenters. The van der Waals surface area contributed by atoms with Crippen molar-refractivity contribution in [2.45, 2.75) is 138 Å².